The molecule has 3 nitrogen and oxygen atoms in total. The van der Waals surface area contributed by atoms with Crippen molar-refractivity contribution >= 4 is 0 Å². The summed E-state index contributed by atoms with van der Waals surface area (Å²) in [6, 6.07) is 11.7. The zero-order chi connectivity index (χ0) is 10.6. The average Bonchev–Trinajstić information content (AvgIpc) is 3.09. The van der Waals surface area contributed by atoms with Crippen molar-refractivity contribution in [1.82, 2.24) is 15.0 Å². The molecule has 0 aromatic carbocycles. The van der Waals surface area contributed by atoms with Gasteiger partial charge in [0.15, 0.2) is 0 Å². The summed E-state index contributed by atoms with van der Waals surface area (Å²) >= 11 is 0. The molecule has 0 saturated carbocycles. The molecule has 3 heteroatoms. The second-order valence-corrected chi connectivity index (χ2v) is 2.65. The summed E-state index contributed by atoms with van der Waals surface area (Å²) in [4.78, 5) is 8.58. The summed E-state index contributed by atoms with van der Waals surface area (Å²) in [7, 11) is 0. The molecule has 0 aliphatic rings. The highest BCUT2D eigenvalue weighted by atomic mass is 14.6. The first-order valence-corrected chi connectivity index (χ1v) is 4.73. The summed E-state index contributed by atoms with van der Waals surface area (Å²) in [5.41, 5.74) is 0. The van der Waals surface area contributed by atoms with E-state index in [1.165, 1.54) is 0 Å². The summed E-state index contributed by atoms with van der Waals surface area (Å²) in [6.45, 7) is 0. The molecule has 0 spiro atoms. The second kappa shape index (κ2) is 8.44. The van der Waals surface area contributed by atoms with Crippen LogP contribution in [-0.2, 0) is 0 Å². The normalized spacial score (nSPS) is 8.00. The van der Waals surface area contributed by atoms with E-state index in [2.05, 4.69) is 15.0 Å². The van der Waals surface area contributed by atoms with Crippen molar-refractivity contribution in [3.8, 4) is 0 Å². The van der Waals surface area contributed by atoms with Gasteiger partial charge in [-0.05, 0) is 36.4 Å². The SMILES string of the molecule is c1cc[nH]c1.c1cc[nH]c1.c1cc[nH]c1. The third-order valence-electron chi connectivity index (χ3n) is 1.49. The zero-order valence-electron chi connectivity index (χ0n) is 8.43. The maximum Gasteiger partial charge on any atom is 0.000496 e. The molecule has 0 radical (unpaired) electrons. The third-order valence-corrected chi connectivity index (χ3v) is 1.49. The van der Waals surface area contributed by atoms with Gasteiger partial charge >= 0.3 is 0 Å². The predicted octanol–water partition coefficient (Wildman–Crippen LogP) is 3.04. The van der Waals surface area contributed by atoms with E-state index in [4.69, 9.17) is 0 Å². The van der Waals surface area contributed by atoms with Gasteiger partial charge in [-0.1, -0.05) is 0 Å². The van der Waals surface area contributed by atoms with E-state index >= 15 is 0 Å². The van der Waals surface area contributed by atoms with Crippen molar-refractivity contribution < 1.29 is 0 Å². The first-order chi connectivity index (χ1) is 7.50. The van der Waals surface area contributed by atoms with Crippen molar-refractivity contribution in [3.05, 3.63) is 73.6 Å². The van der Waals surface area contributed by atoms with Gasteiger partial charge in [0, 0.05) is 37.2 Å². The van der Waals surface area contributed by atoms with Gasteiger partial charge in [-0.2, -0.15) is 0 Å². The quantitative estimate of drug-likeness (QED) is 0.500. The average molecular weight is 201 g/mol. The van der Waals surface area contributed by atoms with Gasteiger partial charge in [-0.25, -0.2) is 0 Å². The fourth-order valence-corrected chi connectivity index (χ4v) is 0.833. The van der Waals surface area contributed by atoms with Crippen LogP contribution in [0.2, 0.25) is 0 Å². The van der Waals surface area contributed by atoms with Crippen molar-refractivity contribution in [2.45, 2.75) is 0 Å². The number of aromatic nitrogens is 3. The smallest absolute Gasteiger partial charge is 0.000496 e. The molecule has 0 unspecified atom stereocenters. The number of nitrogens with one attached hydrogen (secondary N) is 3. The minimum atomic E-state index is 1.88. The number of hydrogen-bond acceptors (Lipinski definition) is 0. The van der Waals surface area contributed by atoms with Gasteiger partial charge in [0.05, 0.1) is 0 Å². The van der Waals surface area contributed by atoms with Crippen molar-refractivity contribution in [1.29, 1.82) is 0 Å². The van der Waals surface area contributed by atoms with Crippen LogP contribution in [0.3, 0.4) is 0 Å². The summed E-state index contributed by atoms with van der Waals surface area (Å²) < 4.78 is 0. The van der Waals surface area contributed by atoms with E-state index in [9.17, 15) is 0 Å². The Kier molecular flexibility index (Phi) is 6.14. The molecule has 3 aromatic heterocycles. The second-order valence-electron chi connectivity index (χ2n) is 2.65. The number of aromatic amines is 3. The summed E-state index contributed by atoms with van der Waals surface area (Å²) in [5, 5.41) is 0. The van der Waals surface area contributed by atoms with Crippen LogP contribution < -0.4 is 0 Å². The van der Waals surface area contributed by atoms with Gasteiger partial charge in [0.1, 0.15) is 0 Å². The lowest BCUT2D eigenvalue weighted by Crippen LogP contribution is -1.38. The van der Waals surface area contributed by atoms with E-state index in [0.29, 0.717) is 0 Å². The molecular weight excluding hydrogens is 186 g/mol. The van der Waals surface area contributed by atoms with Gasteiger partial charge in [0.25, 0.3) is 0 Å². The zero-order valence-corrected chi connectivity index (χ0v) is 8.43. The van der Waals surface area contributed by atoms with Crippen molar-refractivity contribution in [2.75, 3.05) is 0 Å². The van der Waals surface area contributed by atoms with E-state index in [1.54, 1.807) is 0 Å². The molecule has 3 aromatic rings. The highest BCUT2D eigenvalue weighted by Gasteiger charge is 1.56. The maximum atomic E-state index is 2.86. The van der Waals surface area contributed by atoms with Gasteiger partial charge in [-0.3, -0.25) is 0 Å². The molecular formula is C12H15N3. The Labute approximate surface area is 89.2 Å². The largest absolute Gasteiger partial charge is 0.368 e. The Morgan fingerprint density at radius 3 is 0.600 bits per heavy atom. The van der Waals surface area contributed by atoms with Crippen LogP contribution in [0.15, 0.2) is 73.6 Å². The lowest BCUT2D eigenvalue weighted by Gasteiger charge is -1.49. The molecule has 78 valence electrons. The predicted molar refractivity (Wildman–Crippen MR) is 62.4 cm³/mol. The van der Waals surface area contributed by atoms with Crippen LogP contribution in [0.4, 0.5) is 0 Å². The molecule has 0 saturated heterocycles. The molecule has 3 rings (SSSR count). The molecule has 0 aliphatic carbocycles. The van der Waals surface area contributed by atoms with Crippen LogP contribution in [0.25, 0.3) is 0 Å². The minimum Gasteiger partial charge on any atom is -0.368 e. The monoisotopic (exact) mass is 201 g/mol. The van der Waals surface area contributed by atoms with Gasteiger partial charge < -0.3 is 15.0 Å². The maximum absolute atomic E-state index is 2.86. The Bertz CT molecular complexity index is 243. The lowest BCUT2D eigenvalue weighted by atomic mass is 10.7. The first-order valence-electron chi connectivity index (χ1n) is 4.73. The number of H-pyrrole nitrogens is 3. The number of rotatable bonds is 0. The molecule has 0 aliphatic heterocycles. The van der Waals surface area contributed by atoms with E-state index in [0.717, 1.165) is 0 Å². The molecule has 15 heavy (non-hydrogen) atoms. The standard InChI is InChI=1S/3C4H5N/c3*1-2-4-5-3-1/h3*1-5H. The molecule has 3 heterocycles. The lowest BCUT2D eigenvalue weighted by molar-refractivity contribution is 1.41. The molecule has 0 amide bonds. The topological polar surface area (TPSA) is 47.4 Å². The fraction of sp³-hybridized carbons (Fsp3) is 0. The van der Waals surface area contributed by atoms with Gasteiger partial charge in [-0.15, -0.1) is 0 Å². The van der Waals surface area contributed by atoms with E-state index in [1.807, 2.05) is 73.6 Å². The molecule has 0 atom stereocenters. The fourth-order valence-electron chi connectivity index (χ4n) is 0.833. The third kappa shape index (κ3) is 6.95. The number of hydrogen-bond donors (Lipinski definition) is 3. The van der Waals surface area contributed by atoms with Crippen molar-refractivity contribution in [2.24, 2.45) is 0 Å². The molecule has 0 bridgehead atoms. The molecule has 0 fully saturated rings. The minimum absolute atomic E-state index is 1.88. The Hall–Kier alpha value is -2.16. The van der Waals surface area contributed by atoms with Crippen LogP contribution in [-0.4, -0.2) is 15.0 Å². The van der Waals surface area contributed by atoms with Crippen molar-refractivity contribution in [3.63, 3.8) is 0 Å². The highest BCUT2D eigenvalue weighted by Crippen LogP contribution is 1.73. The van der Waals surface area contributed by atoms with Crippen LogP contribution in [0.5, 0.6) is 0 Å². The first kappa shape index (κ1) is 10.9. The van der Waals surface area contributed by atoms with Crippen LogP contribution in [0, 0.1) is 0 Å². The van der Waals surface area contributed by atoms with Crippen LogP contribution in [0.1, 0.15) is 0 Å². The highest BCUT2D eigenvalue weighted by molar-refractivity contribution is 4.85. The van der Waals surface area contributed by atoms with E-state index in [-0.39, 0.29) is 0 Å². The Balaban J connectivity index is 0.000000112. The van der Waals surface area contributed by atoms with Gasteiger partial charge in [0.2, 0.25) is 0 Å². The summed E-state index contributed by atoms with van der Waals surface area (Å²) in [5.74, 6) is 0. The molecule has 3 N–H and O–H groups in total. The summed E-state index contributed by atoms with van der Waals surface area (Å²) in [6.07, 6.45) is 11.2. The Morgan fingerprint density at radius 2 is 0.533 bits per heavy atom. The van der Waals surface area contributed by atoms with E-state index < -0.39 is 0 Å². The van der Waals surface area contributed by atoms with Crippen LogP contribution >= 0.6 is 0 Å². The Morgan fingerprint density at radius 1 is 0.333 bits per heavy atom.